The molecule has 124 valence electrons. The van der Waals surface area contributed by atoms with Gasteiger partial charge in [0.1, 0.15) is 6.29 Å². The van der Waals surface area contributed by atoms with Crippen LogP contribution < -0.4 is 5.73 Å². The van der Waals surface area contributed by atoms with E-state index in [2.05, 4.69) is 4.90 Å². The van der Waals surface area contributed by atoms with Crippen LogP contribution in [0.1, 0.15) is 38.5 Å². The molecular formula is C17H29N3O2. The van der Waals surface area contributed by atoms with Gasteiger partial charge < -0.3 is 25.9 Å². The van der Waals surface area contributed by atoms with E-state index >= 15 is 0 Å². The van der Waals surface area contributed by atoms with Crippen molar-refractivity contribution in [2.24, 2.45) is 23.0 Å². The third-order valence-electron chi connectivity index (χ3n) is 5.80. The first-order chi connectivity index (χ1) is 10.7. The van der Waals surface area contributed by atoms with E-state index < -0.39 is 0 Å². The van der Waals surface area contributed by atoms with E-state index in [0.29, 0.717) is 17.3 Å². The van der Waals surface area contributed by atoms with E-state index in [-0.39, 0.29) is 0 Å². The summed E-state index contributed by atoms with van der Waals surface area (Å²) in [6.45, 7) is 2.27. The second kappa shape index (κ2) is 7.38. The Kier molecular flexibility index (Phi) is 5.75. The molecule has 1 heterocycles. The Morgan fingerprint density at radius 2 is 1.82 bits per heavy atom. The van der Waals surface area contributed by atoms with Crippen molar-refractivity contribution in [1.29, 1.82) is 5.41 Å². The van der Waals surface area contributed by atoms with Gasteiger partial charge in [-0.25, -0.2) is 0 Å². The molecule has 3 fully saturated rings. The summed E-state index contributed by atoms with van der Waals surface area (Å²) in [6, 6.07) is 0.744. The van der Waals surface area contributed by atoms with Crippen LogP contribution in [0.5, 0.6) is 0 Å². The molecule has 0 aromatic rings. The van der Waals surface area contributed by atoms with Gasteiger partial charge in [0.25, 0.3) is 0 Å². The van der Waals surface area contributed by atoms with Gasteiger partial charge in [-0.15, -0.1) is 0 Å². The predicted molar refractivity (Wildman–Crippen MR) is 87.7 cm³/mol. The number of rotatable bonds is 4. The highest BCUT2D eigenvalue weighted by Crippen LogP contribution is 2.59. The van der Waals surface area contributed by atoms with Crippen LogP contribution in [0.25, 0.3) is 0 Å². The molecule has 22 heavy (non-hydrogen) atoms. The standard InChI is InChI=1S/C16H25N3O.CH4O/c17-9-14(10-18)13-1-3-19(4-2-13)15-7-16(8-15)5-12(6-16)11-20;1-2/h9-13,15,17H,1-8,18H2;2H,1H3/b14-10+,17-9?;. The lowest BCUT2D eigenvalue weighted by Crippen LogP contribution is -2.57. The van der Waals surface area contributed by atoms with E-state index in [1.165, 1.54) is 19.1 Å². The van der Waals surface area contributed by atoms with Crippen molar-refractivity contribution in [2.75, 3.05) is 20.2 Å². The topological polar surface area (TPSA) is 90.4 Å². The van der Waals surface area contributed by atoms with Gasteiger partial charge in [0.05, 0.1) is 0 Å². The molecule has 5 heteroatoms. The third kappa shape index (κ3) is 3.25. The molecule has 0 aromatic heterocycles. The maximum Gasteiger partial charge on any atom is 0.123 e. The number of nitrogens with zero attached hydrogens (tertiary/aromatic N) is 1. The quantitative estimate of drug-likeness (QED) is 0.543. The Bertz CT molecular complexity index is 414. The first-order valence-electron chi connectivity index (χ1n) is 8.26. The minimum absolute atomic E-state index is 0.353. The first kappa shape index (κ1) is 17.2. The molecule has 2 aliphatic carbocycles. The van der Waals surface area contributed by atoms with Gasteiger partial charge in [0.15, 0.2) is 0 Å². The Labute approximate surface area is 133 Å². The van der Waals surface area contributed by atoms with Gasteiger partial charge in [-0.1, -0.05) is 0 Å². The maximum atomic E-state index is 10.7. The summed E-state index contributed by atoms with van der Waals surface area (Å²) in [5.74, 6) is 0.831. The SMILES string of the molecule is CO.N=C/C(=C\N)C1CCN(C2CC3(CC(C=O)C3)C2)CC1. The van der Waals surface area contributed by atoms with Crippen LogP contribution >= 0.6 is 0 Å². The molecule has 1 saturated heterocycles. The second-order valence-corrected chi connectivity index (χ2v) is 6.99. The zero-order valence-electron chi connectivity index (χ0n) is 13.5. The van der Waals surface area contributed by atoms with E-state index in [9.17, 15) is 4.79 Å². The molecule has 3 aliphatic rings. The number of aliphatic hydroxyl groups excluding tert-OH is 1. The monoisotopic (exact) mass is 307 g/mol. The molecule has 0 unspecified atom stereocenters. The highest BCUT2D eigenvalue weighted by atomic mass is 16.2. The highest BCUT2D eigenvalue weighted by Gasteiger charge is 2.54. The molecule has 0 amide bonds. The van der Waals surface area contributed by atoms with Crippen LogP contribution in [-0.2, 0) is 4.79 Å². The number of aldehydes is 1. The van der Waals surface area contributed by atoms with Crippen molar-refractivity contribution in [3.05, 3.63) is 11.8 Å². The van der Waals surface area contributed by atoms with Gasteiger partial charge in [0.2, 0.25) is 0 Å². The molecular weight excluding hydrogens is 278 g/mol. The number of aliphatic hydroxyl groups is 1. The van der Waals surface area contributed by atoms with Gasteiger partial charge >= 0.3 is 0 Å². The van der Waals surface area contributed by atoms with Crippen LogP contribution in [0.3, 0.4) is 0 Å². The summed E-state index contributed by atoms with van der Waals surface area (Å²) >= 11 is 0. The third-order valence-corrected chi connectivity index (χ3v) is 5.80. The fourth-order valence-corrected chi connectivity index (χ4v) is 4.58. The number of carbonyl (C=O) groups is 1. The number of piperidine rings is 1. The minimum atomic E-state index is 0.353. The Hall–Kier alpha value is -1.20. The van der Waals surface area contributed by atoms with Crippen molar-refractivity contribution >= 4 is 12.5 Å². The second-order valence-electron chi connectivity index (χ2n) is 6.99. The zero-order valence-corrected chi connectivity index (χ0v) is 13.5. The molecule has 4 N–H and O–H groups in total. The number of likely N-dealkylation sites (tertiary alicyclic amines) is 1. The van der Waals surface area contributed by atoms with E-state index in [0.717, 1.165) is 63.8 Å². The molecule has 0 bridgehead atoms. The number of nitrogens with two attached hydrogens (primary N) is 1. The Morgan fingerprint density at radius 1 is 1.23 bits per heavy atom. The summed E-state index contributed by atoms with van der Waals surface area (Å²) in [6.07, 6.45) is 11.3. The summed E-state index contributed by atoms with van der Waals surface area (Å²) in [7, 11) is 1.00. The van der Waals surface area contributed by atoms with E-state index in [1.807, 2.05) is 0 Å². The van der Waals surface area contributed by atoms with Crippen molar-refractivity contribution in [3.63, 3.8) is 0 Å². The van der Waals surface area contributed by atoms with Gasteiger partial charge in [-0.05, 0) is 74.7 Å². The fourth-order valence-electron chi connectivity index (χ4n) is 4.58. The normalized spacial score (nSPS) is 35.8. The molecule has 0 aromatic carbocycles. The van der Waals surface area contributed by atoms with Crippen molar-refractivity contribution in [2.45, 2.75) is 44.6 Å². The van der Waals surface area contributed by atoms with Gasteiger partial charge in [0, 0.05) is 25.3 Å². The smallest absolute Gasteiger partial charge is 0.123 e. The lowest BCUT2D eigenvalue weighted by molar-refractivity contribution is -0.130. The lowest BCUT2D eigenvalue weighted by atomic mass is 9.50. The Morgan fingerprint density at radius 3 is 2.27 bits per heavy atom. The van der Waals surface area contributed by atoms with Crippen molar-refractivity contribution in [3.8, 4) is 0 Å². The number of nitrogens with one attached hydrogen (secondary N) is 1. The van der Waals surface area contributed by atoms with E-state index in [4.69, 9.17) is 16.2 Å². The largest absolute Gasteiger partial charge is 0.404 e. The molecule has 0 atom stereocenters. The summed E-state index contributed by atoms with van der Waals surface area (Å²) in [5.41, 5.74) is 7.10. The zero-order chi connectivity index (χ0) is 16.2. The molecule has 2 saturated carbocycles. The van der Waals surface area contributed by atoms with Crippen LogP contribution in [-0.4, -0.2) is 48.7 Å². The summed E-state index contributed by atoms with van der Waals surface area (Å²) in [4.78, 5) is 13.3. The number of hydrogen-bond acceptors (Lipinski definition) is 5. The highest BCUT2D eigenvalue weighted by molar-refractivity contribution is 5.76. The summed E-state index contributed by atoms with van der Waals surface area (Å²) < 4.78 is 0. The summed E-state index contributed by atoms with van der Waals surface area (Å²) in [5, 5.41) is 14.4. The Balaban J connectivity index is 0.000000847. The van der Waals surface area contributed by atoms with Crippen LogP contribution in [0, 0.1) is 22.7 Å². The lowest BCUT2D eigenvalue weighted by Gasteiger charge is -2.59. The molecule has 0 radical (unpaired) electrons. The average molecular weight is 307 g/mol. The number of allylic oxidation sites excluding steroid dienone is 1. The number of carbonyl (C=O) groups excluding carboxylic acids is 1. The van der Waals surface area contributed by atoms with Gasteiger partial charge in [-0.2, -0.15) is 0 Å². The van der Waals surface area contributed by atoms with Crippen LogP contribution in [0.4, 0.5) is 0 Å². The minimum Gasteiger partial charge on any atom is -0.404 e. The van der Waals surface area contributed by atoms with Crippen molar-refractivity contribution in [1.82, 2.24) is 4.90 Å². The molecule has 5 nitrogen and oxygen atoms in total. The number of hydrogen-bond donors (Lipinski definition) is 3. The predicted octanol–water partition coefficient (Wildman–Crippen LogP) is 1.56. The molecule has 1 aliphatic heterocycles. The maximum absolute atomic E-state index is 10.7. The average Bonchev–Trinajstić information content (AvgIpc) is 2.49. The van der Waals surface area contributed by atoms with Gasteiger partial charge in [-0.3, -0.25) is 0 Å². The van der Waals surface area contributed by atoms with Crippen LogP contribution in [0.15, 0.2) is 11.8 Å². The fraction of sp³-hybridized carbons (Fsp3) is 0.765. The molecule has 1 spiro atoms. The van der Waals surface area contributed by atoms with E-state index in [1.54, 1.807) is 6.20 Å². The molecule has 3 rings (SSSR count). The van der Waals surface area contributed by atoms with Crippen molar-refractivity contribution < 1.29 is 9.90 Å². The first-order valence-corrected chi connectivity index (χ1v) is 8.26. The van der Waals surface area contributed by atoms with Crippen LogP contribution in [0.2, 0.25) is 0 Å².